The third-order valence-electron chi connectivity index (χ3n) is 5.76. The largest absolute Gasteiger partial charge is 0.309 e. The monoisotopic (exact) mass is 421 g/mol. The molecule has 7 rings (SSSR count). The fourth-order valence-electron chi connectivity index (χ4n) is 4.47. The van der Waals surface area contributed by atoms with Crippen molar-refractivity contribution in [1.29, 1.82) is 0 Å². The zero-order valence-electron chi connectivity index (χ0n) is 15.8. The third-order valence-corrected chi connectivity index (χ3v) is 8.01. The summed E-state index contributed by atoms with van der Waals surface area (Å²) in [4.78, 5) is 6.07. The van der Waals surface area contributed by atoms with E-state index in [9.17, 15) is 0 Å². The summed E-state index contributed by atoms with van der Waals surface area (Å²) >= 11 is 0. The van der Waals surface area contributed by atoms with Crippen LogP contribution in [0.25, 0.3) is 44.2 Å². The Balaban J connectivity index is 1.50. The summed E-state index contributed by atoms with van der Waals surface area (Å²) < 4.78 is 4.65. The van der Waals surface area contributed by atoms with Crippen molar-refractivity contribution in [3.8, 4) is 11.4 Å². The van der Waals surface area contributed by atoms with Crippen molar-refractivity contribution in [2.45, 2.75) is 10.1 Å². The molecule has 0 bridgehead atoms. The van der Waals surface area contributed by atoms with Gasteiger partial charge in [0, 0.05) is 21.4 Å². The highest BCUT2D eigenvalue weighted by Gasteiger charge is 2.22. The molecular weight excluding hydrogens is 406 g/mol. The van der Waals surface area contributed by atoms with Crippen LogP contribution in [0.4, 0.5) is 0 Å². The van der Waals surface area contributed by atoms with Crippen molar-refractivity contribution in [1.82, 2.24) is 14.1 Å². The number of hydrogen-bond acceptors (Lipinski definition) is 3. The van der Waals surface area contributed by atoms with E-state index < -0.39 is 0 Å². The summed E-state index contributed by atoms with van der Waals surface area (Å²) in [5, 5.41) is 3.62. The van der Waals surface area contributed by atoms with Crippen LogP contribution in [0.2, 0.25) is 0 Å². The number of aromatic nitrogens is 3. The third kappa shape index (κ3) is 2.22. The molecular formula is C25H15N3S2. The molecule has 0 radical (unpaired) electrons. The van der Waals surface area contributed by atoms with Gasteiger partial charge in [0.15, 0.2) is 5.16 Å². The Morgan fingerprint density at radius 2 is 1.27 bits per heavy atom. The Hall–Kier alpha value is -3.15. The number of imidazole rings is 1. The number of benzene rings is 4. The first-order valence-electron chi connectivity index (χ1n) is 9.83. The van der Waals surface area contributed by atoms with Gasteiger partial charge in [-0.3, -0.25) is 4.57 Å². The van der Waals surface area contributed by atoms with Crippen molar-refractivity contribution in [3.63, 3.8) is 0 Å². The predicted octanol–water partition coefficient (Wildman–Crippen LogP) is 7.24. The fourth-order valence-corrected chi connectivity index (χ4v) is 6.68. The molecule has 0 aliphatic carbocycles. The van der Waals surface area contributed by atoms with E-state index in [1.165, 1.54) is 38.1 Å². The van der Waals surface area contributed by atoms with Gasteiger partial charge in [-0.15, -0.1) is 0 Å². The SMILES string of the molecule is c1ccc2c(c1)nc1n2-c2ccc(-n3c4ccccc4c4ccccc43)cc2SS1. The van der Waals surface area contributed by atoms with Crippen molar-refractivity contribution < 1.29 is 0 Å². The minimum absolute atomic E-state index is 1.04. The van der Waals surface area contributed by atoms with Crippen LogP contribution in [0, 0.1) is 0 Å². The second-order valence-electron chi connectivity index (χ2n) is 7.41. The molecule has 142 valence electrons. The molecule has 0 unspecified atom stereocenters. The van der Waals surface area contributed by atoms with E-state index in [2.05, 4.69) is 94.1 Å². The molecule has 0 N–H and O–H groups in total. The van der Waals surface area contributed by atoms with E-state index >= 15 is 0 Å². The average Bonchev–Trinajstić information content (AvgIpc) is 3.35. The van der Waals surface area contributed by atoms with E-state index in [0.717, 1.165) is 16.2 Å². The van der Waals surface area contributed by atoms with Crippen LogP contribution in [0.1, 0.15) is 0 Å². The van der Waals surface area contributed by atoms with Crippen molar-refractivity contribution >= 4 is 54.4 Å². The summed E-state index contributed by atoms with van der Waals surface area (Å²) in [6.45, 7) is 0. The number of rotatable bonds is 1. The van der Waals surface area contributed by atoms with Crippen molar-refractivity contribution in [3.05, 3.63) is 91.0 Å². The first kappa shape index (κ1) is 16.6. The van der Waals surface area contributed by atoms with Crippen molar-refractivity contribution in [2.75, 3.05) is 0 Å². The molecule has 1 aliphatic heterocycles. The highest BCUT2D eigenvalue weighted by atomic mass is 33.1. The molecule has 4 aromatic carbocycles. The van der Waals surface area contributed by atoms with Gasteiger partial charge >= 0.3 is 0 Å². The van der Waals surface area contributed by atoms with Gasteiger partial charge in [0.1, 0.15) is 0 Å². The van der Waals surface area contributed by atoms with Crippen LogP contribution in [0.15, 0.2) is 101 Å². The molecule has 0 spiro atoms. The second kappa shape index (κ2) is 6.17. The van der Waals surface area contributed by atoms with Gasteiger partial charge < -0.3 is 4.57 Å². The Morgan fingerprint density at radius 3 is 2.03 bits per heavy atom. The predicted molar refractivity (Wildman–Crippen MR) is 127 cm³/mol. The van der Waals surface area contributed by atoms with Gasteiger partial charge in [0.05, 0.1) is 27.8 Å². The van der Waals surface area contributed by atoms with E-state index in [0.29, 0.717) is 0 Å². The summed E-state index contributed by atoms with van der Waals surface area (Å²) in [6.07, 6.45) is 0. The van der Waals surface area contributed by atoms with Gasteiger partial charge in [-0.2, -0.15) is 0 Å². The first-order chi connectivity index (χ1) is 14.9. The van der Waals surface area contributed by atoms with E-state index in [4.69, 9.17) is 4.98 Å². The van der Waals surface area contributed by atoms with Gasteiger partial charge in [-0.05, 0) is 64.1 Å². The molecule has 1 aliphatic rings. The van der Waals surface area contributed by atoms with Crippen LogP contribution in [-0.2, 0) is 0 Å². The maximum Gasteiger partial charge on any atom is 0.184 e. The summed E-state index contributed by atoms with van der Waals surface area (Å²) in [5.41, 5.74) is 7.06. The van der Waals surface area contributed by atoms with E-state index in [1.807, 2.05) is 6.07 Å². The van der Waals surface area contributed by atoms with Crippen LogP contribution in [-0.4, -0.2) is 14.1 Å². The fraction of sp³-hybridized carbons (Fsp3) is 0. The van der Waals surface area contributed by atoms with Crippen LogP contribution >= 0.6 is 21.6 Å². The number of fused-ring (bicyclic) bond motifs is 8. The molecule has 3 heterocycles. The maximum absolute atomic E-state index is 4.81. The van der Waals surface area contributed by atoms with Crippen LogP contribution in [0.5, 0.6) is 0 Å². The Bertz CT molecular complexity index is 1560. The Kier molecular flexibility index (Phi) is 3.42. The average molecular weight is 422 g/mol. The molecule has 0 saturated carbocycles. The lowest BCUT2D eigenvalue weighted by atomic mass is 10.2. The Morgan fingerprint density at radius 1 is 0.600 bits per heavy atom. The number of para-hydroxylation sites is 4. The normalized spacial score (nSPS) is 13.1. The second-order valence-corrected chi connectivity index (χ2v) is 9.55. The van der Waals surface area contributed by atoms with Crippen LogP contribution < -0.4 is 0 Å². The lowest BCUT2D eigenvalue weighted by Gasteiger charge is -2.19. The molecule has 0 saturated heterocycles. The lowest BCUT2D eigenvalue weighted by Crippen LogP contribution is -2.03. The molecule has 30 heavy (non-hydrogen) atoms. The van der Waals surface area contributed by atoms with Gasteiger partial charge in [0.2, 0.25) is 0 Å². The zero-order chi connectivity index (χ0) is 19.7. The Labute approximate surface area is 180 Å². The highest BCUT2D eigenvalue weighted by Crippen LogP contribution is 2.48. The topological polar surface area (TPSA) is 22.8 Å². The quantitative estimate of drug-likeness (QED) is 0.261. The molecule has 5 heteroatoms. The van der Waals surface area contributed by atoms with E-state index in [1.54, 1.807) is 21.6 Å². The smallest absolute Gasteiger partial charge is 0.184 e. The van der Waals surface area contributed by atoms with E-state index in [-0.39, 0.29) is 0 Å². The molecule has 6 aromatic rings. The standard InChI is InChI=1S/C25H15N3S2/c1-4-10-20-17(7-1)18-8-2-5-11-21(18)27(20)16-13-14-23-24(15-16)29-30-25-26-19-9-3-6-12-22(19)28(23)25/h1-15H. The molecule has 0 amide bonds. The number of hydrogen-bond donors (Lipinski definition) is 0. The number of nitrogens with zero attached hydrogens (tertiary/aromatic N) is 3. The minimum atomic E-state index is 1.04. The molecule has 3 nitrogen and oxygen atoms in total. The first-order valence-corrected chi connectivity index (χ1v) is 12.0. The van der Waals surface area contributed by atoms with Gasteiger partial charge in [-0.25, -0.2) is 4.98 Å². The maximum atomic E-state index is 4.81. The van der Waals surface area contributed by atoms with Gasteiger partial charge in [-0.1, -0.05) is 48.5 Å². The molecule has 0 atom stereocenters. The molecule has 2 aromatic heterocycles. The summed E-state index contributed by atoms with van der Waals surface area (Å²) in [5.74, 6) is 0. The molecule has 0 fully saturated rings. The lowest BCUT2D eigenvalue weighted by molar-refractivity contribution is 0.900. The zero-order valence-corrected chi connectivity index (χ0v) is 17.5. The summed E-state index contributed by atoms with van der Waals surface area (Å²) in [7, 11) is 3.52. The highest BCUT2D eigenvalue weighted by molar-refractivity contribution is 8.76. The summed E-state index contributed by atoms with van der Waals surface area (Å²) in [6, 6.07) is 32.4. The van der Waals surface area contributed by atoms with Crippen LogP contribution in [0.3, 0.4) is 0 Å². The van der Waals surface area contributed by atoms with Gasteiger partial charge in [0.25, 0.3) is 0 Å². The van der Waals surface area contributed by atoms with Crippen molar-refractivity contribution in [2.24, 2.45) is 0 Å². The minimum Gasteiger partial charge on any atom is -0.309 e.